The van der Waals surface area contributed by atoms with E-state index in [1.807, 2.05) is 56.4 Å². The molecule has 0 aliphatic heterocycles. The van der Waals surface area contributed by atoms with Crippen LogP contribution in [-0.4, -0.2) is 15.0 Å². The predicted molar refractivity (Wildman–Crippen MR) is 138 cm³/mol. The van der Waals surface area contributed by atoms with Crippen LogP contribution in [0.15, 0.2) is 109 Å². The molecule has 0 unspecified atom stereocenters. The van der Waals surface area contributed by atoms with E-state index in [1.165, 1.54) is 5.56 Å². The minimum absolute atomic E-state index is 0.728. The number of hydrogen-bond acceptors (Lipinski definition) is 3. The van der Waals surface area contributed by atoms with Crippen LogP contribution < -0.4 is 0 Å². The molecule has 0 atom stereocenters. The number of aryl methyl sites for hydroxylation is 1. The van der Waals surface area contributed by atoms with Gasteiger partial charge < -0.3 is 0 Å². The van der Waals surface area contributed by atoms with E-state index in [1.54, 1.807) is 6.20 Å². The maximum Gasteiger partial charge on any atom is 0.160 e. The monoisotopic (exact) mass is 429 g/mol. The molecule has 0 aliphatic rings. The van der Waals surface area contributed by atoms with E-state index in [9.17, 15) is 0 Å². The van der Waals surface area contributed by atoms with E-state index < -0.39 is 0 Å². The molecular weight excluding hydrogens is 402 g/mol. The number of hydrogen-bond donors (Lipinski definition) is 0. The highest BCUT2D eigenvalue weighted by Crippen LogP contribution is 2.29. The molecule has 0 amide bonds. The lowest BCUT2D eigenvalue weighted by molar-refractivity contribution is 1.18. The topological polar surface area (TPSA) is 38.7 Å². The second-order valence-electron chi connectivity index (χ2n) is 7.52. The van der Waals surface area contributed by atoms with Crippen molar-refractivity contribution in [2.45, 2.75) is 20.8 Å². The highest BCUT2D eigenvalue weighted by molar-refractivity contribution is 5.74. The third-order valence-corrected chi connectivity index (χ3v) is 5.25. The molecule has 0 saturated heterocycles. The van der Waals surface area contributed by atoms with Gasteiger partial charge in [0.1, 0.15) is 0 Å². The third-order valence-electron chi connectivity index (χ3n) is 5.25. The Labute approximate surface area is 195 Å². The predicted octanol–water partition coefficient (Wildman–Crippen LogP) is 7.87. The van der Waals surface area contributed by atoms with Crippen molar-refractivity contribution in [2.24, 2.45) is 0 Å². The average molecular weight is 430 g/mol. The fourth-order valence-corrected chi connectivity index (χ4v) is 3.63. The van der Waals surface area contributed by atoms with Crippen molar-refractivity contribution in [3.63, 3.8) is 0 Å². The van der Waals surface area contributed by atoms with Crippen LogP contribution in [0.5, 0.6) is 0 Å². The summed E-state index contributed by atoms with van der Waals surface area (Å²) < 4.78 is 0. The first kappa shape index (κ1) is 22.1. The zero-order valence-electron chi connectivity index (χ0n) is 19.2. The lowest BCUT2D eigenvalue weighted by Gasteiger charge is -2.10. The number of benzene rings is 3. The van der Waals surface area contributed by atoms with Gasteiger partial charge >= 0.3 is 0 Å². The van der Waals surface area contributed by atoms with Gasteiger partial charge in [0.25, 0.3) is 0 Å². The standard InChI is InChI=1S/C28H21N3.C2H6/c1-20-7-5-10-24(17-20)27-18-26(30-28(31-27)23-8-3-2-4-9-23)22-14-12-21(13-15-22)25-11-6-16-29-19-25;1-2/h2-19H,1H3;1-2H3. The van der Waals surface area contributed by atoms with Crippen molar-refractivity contribution in [1.82, 2.24) is 15.0 Å². The Morgan fingerprint density at radius 1 is 0.515 bits per heavy atom. The van der Waals surface area contributed by atoms with Crippen molar-refractivity contribution in [1.29, 1.82) is 0 Å². The van der Waals surface area contributed by atoms with E-state index in [2.05, 4.69) is 72.6 Å². The summed E-state index contributed by atoms with van der Waals surface area (Å²) in [6, 6.07) is 33.1. The van der Waals surface area contributed by atoms with Crippen LogP contribution in [0.4, 0.5) is 0 Å². The lowest BCUT2D eigenvalue weighted by atomic mass is 10.0. The molecule has 33 heavy (non-hydrogen) atoms. The quantitative estimate of drug-likeness (QED) is 0.292. The molecule has 0 saturated carbocycles. The first-order valence-corrected chi connectivity index (χ1v) is 11.3. The summed E-state index contributed by atoms with van der Waals surface area (Å²) in [7, 11) is 0. The van der Waals surface area contributed by atoms with Gasteiger partial charge in [0.2, 0.25) is 0 Å². The number of pyridine rings is 1. The van der Waals surface area contributed by atoms with Crippen LogP contribution in [-0.2, 0) is 0 Å². The Hall–Kier alpha value is -4.11. The molecular formula is C30H27N3. The smallest absolute Gasteiger partial charge is 0.160 e. The van der Waals surface area contributed by atoms with Crippen LogP contribution in [0.3, 0.4) is 0 Å². The van der Waals surface area contributed by atoms with E-state index in [0.29, 0.717) is 0 Å². The van der Waals surface area contributed by atoms with Gasteiger partial charge in [-0.2, -0.15) is 0 Å². The molecule has 0 fully saturated rings. The van der Waals surface area contributed by atoms with Crippen molar-refractivity contribution in [2.75, 3.05) is 0 Å². The molecule has 2 aromatic heterocycles. The zero-order valence-corrected chi connectivity index (χ0v) is 19.2. The molecule has 162 valence electrons. The van der Waals surface area contributed by atoms with E-state index in [-0.39, 0.29) is 0 Å². The van der Waals surface area contributed by atoms with Crippen LogP contribution in [0.2, 0.25) is 0 Å². The molecule has 0 radical (unpaired) electrons. The molecule has 3 nitrogen and oxygen atoms in total. The van der Waals surface area contributed by atoms with Crippen LogP contribution in [0.1, 0.15) is 19.4 Å². The first-order chi connectivity index (χ1) is 16.3. The average Bonchev–Trinajstić information content (AvgIpc) is 2.91. The van der Waals surface area contributed by atoms with Gasteiger partial charge in [-0.3, -0.25) is 4.98 Å². The van der Waals surface area contributed by atoms with Crippen LogP contribution in [0.25, 0.3) is 45.0 Å². The van der Waals surface area contributed by atoms with Gasteiger partial charge in [-0.05, 0) is 36.2 Å². The minimum atomic E-state index is 0.728. The summed E-state index contributed by atoms with van der Waals surface area (Å²) in [5, 5.41) is 0. The number of aromatic nitrogens is 3. The number of nitrogens with zero attached hydrogens (tertiary/aromatic N) is 3. The Kier molecular flexibility index (Phi) is 7.01. The molecule has 5 rings (SSSR count). The fourth-order valence-electron chi connectivity index (χ4n) is 3.63. The second-order valence-corrected chi connectivity index (χ2v) is 7.52. The van der Waals surface area contributed by atoms with Crippen molar-refractivity contribution in [3.05, 3.63) is 115 Å². The molecule has 0 aliphatic carbocycles. The molecule has 3 heteroatoms. The maximum absolute atomic E-state index is 4.90. The highest BCUT2D eigenvalue weighted by atomic mass is 14.9. The Bertz CT molecular complexity index is 1310. The van der Waals surface area contributed by atoms with E-state index in [4.69, 9.17) is 9.97 Å². The largest absolute Gasteiger partial charge is 0.264 e. The van der Waals surface area contributed by atoms with Gasteiger partial charge in [0, 0.05) is 29.1 Å². The maximum atomic E-state index is 4.90. The van der Waals surface area contributed by atoms with E-state index >= 15 is 0 Å². The molecule has 0 spiro atoms. The van der Waals surface area contributed by atoms with E-state index in [0.717, 1.165) is 45.0 Å². The summed E-state index contributed by atoms with van der Waals surface area (Å²) in [5.41, 5.74) is 8.42. The SMILES string of the molecule is CC.Cc1cccc(-c2cc(-c3ccc(-c4cccnc4)cc3)nc(-c3ccccc3)n2)c1. The Balaban J connectivity index is 0.00000126. The third kappa shape index (κ3) is 5.21. The summed E-state index contributed by atoms with van der Waals surface area (Å²) in [4.78, 5) is 14.0. The second kappa shape index (κ2) is 10.5. The minimum Gasteiger partial charge on any atom is -0.264 e. The summed E-state index contributed by atoms with van der Waals surface area (Å²) in [6.45, 7) is 6.10. The molecule has 5 aromatic rings. The Morgan fingerprint density at radius 2 is 1.15 bits per heavy atom. The fraction of sp³-hybridized carbons (Fsp3) is 0.100. The van der Waals surface area contributed by atoms with Gasteiger partial charge in [-0.1, -0.05) is 98.3 Å². The van der Waals surface area contributed by atoms with Crippen molar-refractivity contribution < 1.29 is 0 Å². The number of rotatable bonds is 4. The van der Waals surface area contributed by atoms with Gasteiger partial charge in [-0.15, -0.1) is 0 Å². The Morgan fingerprint density at radius 3 is 1.82 bits per heavy atom. The van der Waals surface area contributed by atoms with Crippen LogP contribution >= 0.6 is 0 Å². The molecule has 3 aromatic carbocycles. The van der Waals surface area contributed by atoms with Gasteiger partial charge in [-0.25, -0.2) is 9.97 Å². The zero-order chi connectivity index (χ0) is 23.0. The summed E-state index contributed by atoms with van der Waals surface area (Å²) in [5.74, 6) is 0.728. The first-order valence-electron chi connectivity index (χ1n) is 11.3. The van der Waals surface area contributed by atoms with Crippen molar-refractivity contribution in [3.8, 4) is 45.0 Å². The van der Waals surface area contributed by atoms with Gasteiger partial charge in [0.05, 0.1) is 11.4 Å². The normalized spacial score (nSPS) is 10.3. The van der Waals surface area contributed by atoms with Crippen LogP contribution in [0, 0.1) is 6.92 Å². The highest BCUT2D eigenvalue weighted by Gasteiger charge is 2.11. The molecule has 2 heterocycles. The van der Waals surface area contributed by atoms with Crippen molar-refractivity contribution >= 4 is 0 Å². The summed E-state index contributed by atoms with van der Waals surface area (Å²) >= 11 is 0. The summed E-state index contributed by atoms with van der Waals surface area (Å²) in [6.07, 6.45) is 3.67. The molecule has 0 N–H and O–H groups in total. The lowest BCUT2D eigenvalue weighted by Crippen LogP contribution is -1.96. The van der Waals surface area contributed by atoms with Gasteiger partial charge in [0.15, 0.2) is 5.82 Å². The molecule has 0 bridgehead atoms.